The van der Waals surface area contributed by atoms with Crippen LogP contribution in [0.15, 0.2) is 23.1 Å². The molecular formula is C17H25FN2O5S. The van der Waals surface area contributed by atoms with Gasteiger partial charge in [0.15, 0.2) is 6.61 Å². The van der Waals surface area contributed by atoms with E-state index in [9.17, 15) is 22.4 Å². The Morgan fingerprint density at radius 1 is 1.19 bits per heavy atom. The molecule has 0 radical (unpaired) electrons. The second-order valence-electron chi connectivity index (χ2n) is 6.61. The van der Waals surface area contributed by atoms with E-state index in [0.717, 1.165) is 22.5 Å². The maximum atomic E-state index is 14.0. The topological polar surface area (TPSA) is 92.8 Å². The Morgan fingerprint density at radius 3 is 2.27 bits per heavy atom. The molecule has 0 fully saturated rings. The summed E-state index contributed by atoms with van der Waals surface area (Å²) in [5.74, 6) is -2.37. The summed E-state index contributed by atoms with van der Waals surface area (Å²) in [4.78, 5) is 23.2. The Bertz CT molecular complexity index is 768. The molecule has 0 unspecified atom stereocenters. The van der Waals surface area contributed by atoms with Crippen molar-refractivity contribution in [3.05, 3.63) is 29.6 Å². The minimum absolute atomic E-state index is 0.152. The number of hydrogen-bond donors (Lipinski definition) is 1. The van der Waals surface area contributed by atoms with Gasteiger partial charge < -0.3 is 10.1 Å². The molecule has 0 aromatic heterocycles. The first kappa shape index (κ1) is 22.0. The average Bonchev–Trinajstić information content (AvgIpc) is 2.52. The lowest BCUT2D eigenvalue weighted by molar-refractivity contribution is -0.125. The van der Waals surface area contributed by atoms with Crippen LogP contribution in [0.4, 0.5) is 4.39 Å². The molecule has 0 aliphatic heterocycles. The van der Waals surface area contributed by atoms with Gasteiger partial charge in [0, 0.05) is 18.6 Å². The number of rotatable bonds is 7. The fourth-order valence-electron chi connectivity index (χ4n) is 2.20. The molecule has 1 N–H and O–H groups in total. The van der Waals surface area contributed by atoms with Crippen LogP contribution < -0.4 is 5.32 Å². The van der Waals surface area contributed by atoms with E-state index >= 15 is 0 Å². The van der Waals surface area contributed by atoms with Crippen LogP contribution in [0.5, 0.6) is 0 Å². The quantitative estimate of drug-likeness (QED) is 0.721. The highest BCUT2D eigenvalue weighted by Gasteiger charge is 2.27. The third-order valence-corrected chi connectivity index (χ3v) is 5.40. The Balaban J connectivity index is 2.99. The van der Waals surface area contributed by atoms with E-state index in [2.05, 4.69) is 5.32 Å². The number of esters is 1. The molecule has 1 amide bonds. The molecule has 1 rings (SSSR count). The first-order chi connectivity index (χ1) is 11.9. The van der Waals surface area contributed by atoms with Crippen molar-refractivity contribution >= 4 is 21.9 Å². The lowest BCUT2D eigenvalue weighted by Gasteiger charge is -2.20. The number of carbonyl (C=O) groups is 2. The molecule has 0 spiro atoms. The van der Waals surface area contributed by atoms with Crippen LogP contribution in [0, 0.1) is 5.82 Å². The zero-order valence-electron chi connectivity index (χ0n) is 15.6. The first-order valence-corrected chi connectivity index (χ1v) is 9.64. The fourth-order valence-corrected chi connectivity index (χ4v) is 3.75. The summed E-state index contributed by atoms with van der Waals surface area (Å²) >= 11 is 0. The van der Waals surface area contributed by atoms with Crippen LogP contribution in [0.25, 0.3) is 0 Å². The second-order valence-corrected chi connectivity index (χ2v) is 8.52. The minimum atomic E-state index is -4.07. The molecule has 7 nitrogen and oxygen atoms in total. The van der Waals surface area contributed by atoms with Crippen LogP contribution in [0.1, 0.15) is 45.0 Å². The summed E-state index contributed by atoms with van der Waals surface area (Å²) in [5.41, 5.74) is -0.634. The van der Waals surface area contributed by atoms with Crippen LogP contribution in [-0.4, -0.2) is 49.8 Å². The molecule has 0 aliphatic rings. The summed E-state index contributed by atoms with van der Waals surface area (Å²) in [6.07, 6.45) is 0. The van der Waals surface area contributed by atoms with E-state index in [4.69, 9.17) is 4.74 Å². The summed E-state index contributed by atoms with van der Waals surface area (Å²) < 4.78 is 45.0. The van der Waals surface area contributed by atoms with Gasteiger partial charge in [-0.2, -0.15) is 4.31 Å². The summed E-state index contributed by atoms with van der Waals surface area (Å²) in [6, 6.07) is 2.93. The first-order valence-electron chi connectivity index (χ1n) is 8.20. The third-order valence-electron chi connectivity index (χ3n) is 3.34. The van der Waals surface area contributed by atoms with Crippen molar-refractivity contribution in [1.29, 1.82) is 0 Å². The Labute approximate surface area is 153 Å². The van der Waals surface area contributed by atoms with Crippen LogP contribution in [0.2, 0.25) is 0 Å². The molecule has 0 bridgehead atoms. The van der Waals surface area contributed by atoms with Gasteiger partial charge in [0.05, 0.1) is 5.56 Å². The number of ether oxygens (including phenoxy) is 1. The van der Waals surface area contributed by atoms with Gasteiger partial charge in [0.2, 0.25) is 10.0 Å². The van der Waals surface area contributed by atoms with E-state index in [-0.39, 0.29) is 18.7 Å². The number of carbonyl (C=O) groups excluding carboxylic acids is 2. The van der Waals surface area contributed by atoms with Crippen molar-refractivity contribution in [1.82, 2.24) is 9.62 Å². The zero-order chi connectivity index (χ0) is 20.1. The number of nitrogens with zero attached hydrogens (tertiary/aromatic N) is 1. The Morgan fingerprint density at radius 2 is 1.77 bits per heavy atom. The van der Waals surface area contributed by atoms with Crippen molar-refractivity contribution in [2.24, 2.45) is 0 Å². The van der Waals surface area contributed by atoms with Gasteiger partial charge in [-0.15, -0.1) is 0 Å². The van der Waals surface area contributed by atoms with Crippen LogP contribution in [0.3, 0.4) is 0 Å². The molecule has 0 heterocycles. The van der Waals surface area contributed by atoms with Gasteiger partial charge in [-0.3, -0.25) is 4.79 Å². The third kappa shape index (κ3) is 5.77. The molecule has 9 heteroatoms. The Hall–Kier alpha value is -2.00. The fraction of sp³-hybridized carbons (Fsp3) is 0.529. The number of benzene rings is 1. The maximum Gasteiger partial charge on any atom is 0.338 e. The van der Waals surface area contributed by atoms with Gasteiger partial charge in [0.25, 0.3) is 5.91 Å². The van der Waals surface area contributed by atoms with Crippen molar-refractivity contribution < 1.29 is 27.1 Å². The standard InChI is InChI=1S/C17H25FN2O5S/c1-6-20(7-2)26(23,24)14-10-12(8-9-13(14)18)16(22)25-11-15(21)19-17(3,4)5/h8-10H,6-7,11H2,1-5H3,(H,19,21). The largest absolute Gasteiger partial charge is 0.452 e. The summed E-state index contributed by atoms with van der Waals surface area (Å²) in [6.45, 7) is 8.40. The molecule has 0 atom stereocenters. The van der Waals surface area contributed by atoms with E-state index in [1.807, 2.05) is 0 Å². The van der Waals surface area contributed by atoms with Gasteiger partial charge in [-0.1, -0.05) is 13.8 Å². The van der Waals surface area contributed by atoms with Gasteiger partial charge in [0.1, 0.15) is 10.7 Å². The molecule has 0 saturated heterocycles. The minimum Gasteiger partial charge on any atom is -0.452 e. The molecule has 0 aliphatic carbocycles. The van der Waals surface area contributed by atoms with Crippen LogP contribution in [-0.2, 0) is 19.6 Å². The van der Waals surface area contributed by atoms with E-state index in [0.29, 0.717) is 0 Å². The smallest absolute Gasteiger partial charge is 0.338 e. The van der Waals surface area contributed by atoms with Gasteiger partial charge in [-0.05, 0) is 39.0 Å². The number of nitrogens with one attached hydrogen (secondary N) is 1. The van der Waals surface area contributed by atoms with Crippen molar-refractivity contribution in [3.63, 3.8) is 0 Å². The number of amides is 1. The van der Waals surface area contributed by atoms with Crippen molar-refractivity contribution in [2.75, 3.05) is 19.7 Å². The molecule has 0 saturated carbocycles. The maximum absolute atomic E-state index is 14.0. The lowest BCUT2D eigenvalue weighted by atomic mass is 10.1. The van der Waals surface area contributed by atoms with Crippen molar-refractivity contribution in [3.8, 4) is 0 Å². The normalized spacial score (nSPS) is 12.1. The molecule has 1 aromatic rings. The molecule has 26 heavy (non-hydrogen) atoms. The molecule has 146 valence electrons. The molecular weight excluding hydrogens is 363 g/mol. The van der Waals surface area contributed by atoms with Crippen LogP contribution >= 0.6 is 0 Å². The molecule has 1 aromatic carbocycles. The van der Waals surface area contributed by atoms with E-state index < -0.39 is 44.8 Å². The highest BCUT2D eigenvalue weighted by Crippen LogP contribution is 2.21. The highest BCUT2D eigenvalue weighted by atomic mass is 32.2. The van der Waals surface area contributed by atoms with E-state index in [1.54, 1.807) is 34.6 Å². The number of sulfonamides is 1. The SMILES string of the molecule is CCN(CC)S(=O)(=O)c1cc(C(=O)OCC(=O)NC(C)(C)C)ccc1F. The van der Waals surface area contributed by atoms with Crippen molar-refractivity contribution in [2.45, 2.75) is 45.1 Å². The predicted octanol–water partition coefficient (Wildman–Crippen LogP) is 1.93. The van der Waals surface area contributed by atoms with Gasteiger partial charge >= 0.3 is 5.97 Å². The Kier molecular flexibility index (Phi) is 7.28. The monoisotopic (exact) mass is 388 g/mol. The summed E-state index contributed by atoms with van der Waals surface area (Å²) in [5, 5.41) is 2.62. The number of hydrogen-bond acceptors (Lipinski definition) is 5. The summed E-state index contributed by atoms with van der Waals surface area (Å²) in [7, 11) is -4.07. The highest BCUT2D eigenvalue weighted by molar-refractivity contribution is 7.89. The average molecular weight is 388 g/mol. The van der Waals surface area contributed by atoms with E-state index in [1.165, 1.54) is 0 Å². The predicted molar refractivity (Wildman–Crippen MR) is 94.7 cm³/mol. The zero-order valence-corrected chi connectivity index (χ0v) is 16.4. The van der Waals surface area contributed by atoms with Gasteiger partial charge in [-0.25, -0.2) is 17.6 Å². The second kappa shape index (κ2) is 8.59. The number of halogens is 1. The lowest BCUT2D eigenvalue weighted by Crippen LogP contribution is -2.42.